The lowest BCUT2D eigenvalue weighted by Gasteiger charge is -2.11. The molecule has 0 aliphatic carbocycles. The van der Waals surface area contributed by atoms with E-state index in [1.807, 2.05) is 42.0 Å². The Morgan fingerprint density at radius 1 is 1.24 bits per heavy atom. The third-order valence-corrected chi connectivity index (χ3v) is 5.87. The Labute approximate surface area is 177 Å². The molecular weight excluding hydrogens is 411 g/mol. The van der Waals surface area contributed by atoms with Crippen molar-refractivity contribution >= 4 is 39.7 Å². The average Bonchev–Trinajstić information content (AvgIpc) is 3.31. The second-order valence-corrected chi connectivity index (χ2v) is 7.84. The number of anilines is 1. The number of nitrogens with one attached hydrogen (secondary N) is 1. The molecule has 0 amide bonds. The molecule has 8 heteroatoms. The summed E-state index contributed by atoms with van der Waals surface area (Å²) >= 11 is 7.80. The molecular formula is C21H20ClFN4OS. The van der Waals surface area contributed by atoms with Gasteiger partial charge in [0.2, 0.25) is 0 Å². The highest BCUT2D eigenvalue weighted by molar-refractivity contribution is 7.13. The van der Waals surface area contributed by atoms with Crippen LogP contribution in [0.1, 0.15) is 12.6 Å². The van der Waals surface area contributed by atoms with E-state index in [0.29, 0.717) is 36.1 Å². The van der Waals surface area contributed by atoms with E-state index in [4.69, 9.17) is 16.3 Å². The summed E-state index contributed by atoms with van der Waals surface area (Å²) in [6, 6.07) is 8.78. The van der Waals surface area contributed by atoms with E-state index in [0.717, 1.165) is 27.4 Å². The van der Waals surface area contributed by atoms with Gasteiger partial charge in [0.25, 0.3) is 0 Å². The minimum Gasteiger partial charge on any atom is -0.493 e. The minimum absolute atomic E-state index is 0.273. The molecule has 5 nitrogen and oxygen atoms in total. The maximum absolute atomic E-state index is 14.4. The van der Waals surface area contributed by atoms with Crippen LogP contribution in [0.15, 0.2) is 42.0 Å². The smallest absolute Gasteiger partial charge is 0.147 e. The molecule has 3 heterocycles. The van der Waals surface area contributed by atoms with Gasteiger partial charge in [0, 0.05) is 41.7 Å². The van der Waals surface area contributed by atoms with Gasteiger partial charge in [-0.1, -0.05) is 11.6 Å². The van der Waals surface area contributed by atoms with Crippen molar-refractivity contribution in [3.8, 4) is 16.3 Å². The quantitative estimate of drug-likeness (QED) is 0.404. The Hall–Kier alpha value is -2.64. The van der Waals surface area contributed by atoms with Crippen molar-refractivity contribution in [2.75, 3.05) is 18.5 Å². The molecule has 150 valence electrons. The van der Waals surface area contributed by atoms with Crippen molar-refractivity contribution in [2.45, 2.75) is 20.4 Å². The molecule has 0 atom stereocenters. The zero-order valence-electron chi connectivity index (χ0n) is 16.1. The molecule has 0 unspecified atom stereocenters. The molecule has 4 aromatic rings. The zero-order chi connectivity index (χ0) is 20.4. The number of ether oxygens (including phenoxy) is 1. The molecule has 0 aliphatic rings. The molecule has 0 bridgehead atoms. The summed E-state index contributed by atoms with van der Waals surface area (Å²) in [5.41, 5.74) is 2.32. The van der Waals surface area contributed by atoms with Crippen molar-refractivity contribution in [1.82, 2.24) is 14.5 Å². The van der Waals surface area contributed by atoms with Crippen LogP contribution in [-0.4, -0.2) is 27.7 Å². The van der Waals surface area contributed by atoms with E-state index in [1.54, 1.807) is 17.4 Å². The van der Waals surface area contributed by atoms with Crippen LogP contribution < -0.4 is 10.1 Å². The summed E-state index contributed by atoms with van der Waals surface area (Å²) in [7, 11) is 0. The second-order valence-electron chi connectivity index (χ2n) is 6.52. The first-order valence-electron chi connectivity index (χ1n) is 9.28. The second kappa shape index (κ2) is 8.39. The van der Waals surface area contributed by atoms with Gasteiger partial charge in [-0.25, -0.2) is 14.4 Å². The largest absolute Gasteiger partial charge is 0.493 e. The lowest BCUT2D eigenvalue weighted by molar-refractivity contribution is 0.342. The number of hydrogen-bond donors (Lipinski definition) is 1. The molecule has 0 saturated heterocycles. The van der Waals surface area contributed by atoms with E-state index in [1.165, 1.54) is 12.4 Å². The molecule has 1 aromatic carbocycles. The Kier molecular flexibility index (Phi) is 5.69. The van der Waals surface area contributed by atoms with E-state index in [-0.39, 0.29) is 5.82 Å². The van der Waals surface area contributed by atoms with Crippen LogP contribution in [0, 0.1) is 12.7 Å². The van der Waals surface area contributed by atoms with Crippen molar-refractivity contribution in [1.29, 1.82) is 0 Å². The lowest BCUT2D eigenvalue weighted by Crippen LogP contribution is -2.12. The predicted molar refractivity (Wildman–Crippen MR) is 117 cm³/mol. The third-order valence-electron chi connectivity index (χ3n) is 4.61. The first-order chi connectivity index (χ1) is 14.1. The summed E-state index contributed by atoms with van der Waals surface area (Å²) in [6.07, 6.45) is 1.54. The molecule has 0 fully saturated rings. The molecule has 4 rings (SSSR count). The van der Waals surface area contributed by atoms with Crippen molar-refractivity contribution in [2.24, 2.45) is 0 Å². The molecule has 29 heavy (non-hydrogen) atoms. The van der Waals surface area contributed by atoms with Crippen LogP contribution in [0.25, 0.3) is 21.5 Å². The van der Waals surface area contributed by atoms with Gasteiger partial charge in [-0.15, -0.1) is 11.3 Å². The fourth-order valence-electron chi connectivity index (χ4n) is 3.30. The van der Waals surface area contributed by atoms with Gasteiger partial charge in [-0.3, -0.25) is 0 Å². The Morgan fingerprint density at radius 2 is 2.10 bits per heavy atom. The van der Waals surface area contributed by atoms with Crippen LogP contribution in [0.5, 0.6) is 5.75 Å². The predicted octanol–water partition coefficient (Wildman–Crippen LogP) is 5.77. The molecule has 0 aliphatic heterocycles. The Bertz CT molecular complexity index is 1160. The van der Waals surface area contributed by atoms with Gasteiger partial charge in [0.05, 0.1) is 27.7 Å². The lowest BCUT2D eigenvalue weighted by atomic mass is 10.2. The van der Waals surface area contributed by atoms with Crippen LogP contribution in [0.3, 0.4) is 0 Å². The van der Waals surface area contributed by atoms with Gasteiger partial charge >= 0.3 is 0 Å². The van der Waals surface area contributed by atoms with E-state index >= 15 is 0 Å². The SMILES string of the molecule is CCOc1csc(-c2cc(NCCn3c(C)cc4c(Cl)ccc(F)c43)ncn2)c1. The number of rotatable bonds is 7. The molecule has 3 aromatic heterocycles. The Balaban J connectivity index is 1.48. The van der Waals surface area contributed by atoms with Crippen LogP contribution in [0.2, 0.25) is 5.02 Å². The summed E-state index contributed by atoms with van der Waals surface area (Å²) in [5, 5.41) is 6.55. The molecule has 0 radical (unpaired) electrons. The van der Waals surface area contributed by atoms with Gasteiger partial charge < -0.3 is 14.6 Å². The van der Waals surface area contributed by atoms with Gasteiger partial charge in [0.15, 0.2) is 0 Å². The molecule has 0 spiro atoms. The van der Waals surface area contributed by atoms with E-state index < -0.39 is 0 Å². The highest BCUT2D eigenvalue weighted by Gasteiger charge is 2.13. The summed E-state index contributed by atoms with van der Waals surface area (Å²) in [4.78, 5) is 9.66. The van der Waals surface area contributed by atoms with Gasteiger partial charge in [-0.2, -0.15) is 0 Å². The molecule has 0 saturated carbocycles. The topological polar surface area (TPSA) is 52.0 Å². The normalized spacial score (nSPS) is 11.2. The maximum atomic E-state index is 14.4. The highest BCUT2D eigenvalue weighted by atomic mass is 35.5. The average molecular weight is 431 g/mol. The van der Waals surface area contributed by atoms with Crippen LogP contribution in [-0.2, 0) is 6.54 Å². The van der Waals surface area contributed by atoms with Crippen LogP contribution >= 0.6 is 22.9 Å². The number of benzene rings is 1. The summed E-state index contributed by atoms with van der Waals surface area (Å²) in [5.74, 6) is 1.29. The monoisotopic (exact) mass is 430 g/mol. The fourth-order valence-corrected chi connectivity index (χ4v) is 4.30. The minimum atomic E-state index is -0.273. The van der Waals surface area contributed by atoms with Gasteiger partial charge in [-0.05, 0) is 32.0 Å². The number of fused-ring (bicyclic) bond motifs is 1. The van der Waals surface area contributed by atoms with Crippen molar-refractivity contribution in [3.63, 3.8) is 0 Å². The van der Waals surface area contributed by atoms with Crippen molar-refractivity contribution in [3.05, 3.63) is 58.6 Å². The Morgan fingerprint density at radius 3 is 2.93 bits per heavy atom. The first kappa shape index (κ1) is 19.7. The maximum Gasteiger partial charge on any atom is 0.147 e. The fraction of sp³-hybridized carbons (Fsp3) is 0.238. The van der Waals surface area contributed by atoms with Crippen LogP contribution in [0.4, 0.5) is 10.2 Å². The summed E-state index contributed by atoms with van der Waals surface area (Å²) < 4.78 is 21.8. The van der Waals surface area contributed by atoms with E-state index in [9.17, 15) is 4.39 Å². The first-order valence-corrected chi connectivity index (χ1v) is 10.5. The van der Waals surface area contributed by atoms with E-state index in [2.05, 4.69) is 15.3 Å². The zero-order valence-corrected chi connectivity index (χ0v) is 17.6. The number of halogens is 2. The standard InChI is InChI=1S/C21H20ClFN4OS/c1-3-28-14-9-19(29-11-14)18-10-20(26-12-25-18)24-6-7-27-13(2)8-15-16(22)4-5-17(23)21(15)27/h4-5,8-12H,3,6-7H2,1-2H3,(H,24,25,26). The van der Waals surface area contributed by atoms with Gasteiger partial charge in [0.1, 0.15) is 23.7 Å². The number of hydrogen-bond acceptors (Lipinski definition) is 5. The third kappa shape index (κ3) is 4.06. The number of aromatic nitrogens is 3. The molecule has 1 N–H and O–H groups in total. The van der Waals surface area contributed by atoms with Crippen molar-refractivity contribution < 1.29 is 9.13 Å². The number of thiophene rings is 1. The number of aryl methyl sites for hydroxylation is 1. The highest BCUT2D eigenvalue weighted by Crippen LogP contribution is 2.31. The number of nitrogens with zero attached hydrogens (tertiary/aromatic N) is 3. The summed E-state index contributed by atoms with van der Waals surface area (Å²) in [6.45, 7) is 5.71.